The minimum absolute atomic E-state index is 0.0770. The number of amides is 3. The molecule has 0 N–H and O–H groups in total. The van der Waals surface area contributed by atoms with Gasteiger partial charge in [-0.05, 0) is 144 Å². The third kappa shape index (κ3) is 7.40. The summed E-state index contributed by atoms with van der Waals surface area (Å²) in [5, 5.41) is 2.52. The number of hydrogen-bond acceptors (Lipinski definition) is 9. The molecule has 0 atom stereocenters. The van der Waals surface area contributed by atoms with Gasteiger partial charge in [0.1, 0.15) is 23.2 Å². The molecule has 14 rings (SSSR count). The molecular weight excluding hydrogens is 1130 g/mol. The molecule has 3 aliphatic carbocycles. The van der Waals surface area contributed by atoms with E-state index in [1.165, 1.54) is 56.7 Å². The lowest BCUT2D eigenvalue weighted by atomic mass is 9.61. The van der Waals surface area contributed by atoms with Gasteiger partial charge in [-0.3, -0.25) is 34.1 Å². The van der Waals surface area contributed by atoms with E-state index in [1.807, 2.05) is 14.1 Å². The Balaban J connectivity index is 0.000000112. The number of aromatic nitrogens is 3. The van der Waals surface area contributed by atoms with Crippen LogP contribution in [0, 0.1) is 17.5 Å². The molecule has 3 aromatic carbocycles. The fraction of sp³-hybridized carbons (Fsp3) is 0.436. The zero-order valence-corrected chi connectivity index (χ0v) is 45.4. The lowest BCUT2D eigenvalue weighted by Gasteiger charge is -2.50. The number of pyridine rings is 3. The van der Waals surface area contributed by atoms with E-state index in [9.17, 15) is 32.3 Å². The van der Waals surface area contributed by atoms with Crippen molar-refractivity contribution in [2.45, 2.75) is 105 Å². The number of likely N-dealkylation sites (tertiary alicyclic amines) is 2. The molecule has 8 aliphatic rings. The average molecular weight is 1190 g/mol. The molecule has 3 aromatic heterocycles. The molecule has 8 heterocycles. The summed E-state index contributed by atoms with van der Waals surface area (Å²) in [5.74, 6) is -0.715. The van der Waals surface area contributed by atoms with E-state index in [4.69, 9.17) is 0 Å². The van der Waals surface area contributed by atoms with E-state index in [0.717, 1.165) is 96.1 Å². The average Bonchev–Trinajstić information content (AvgIpc) is 3.83. The van der Waals surface area contributed by atoms with Crippen molar-refractivity contribution in [3.63, 3.8) is 0 Å². The summed E-state index contributed by atoms with van der Waals surface area (Å²) in [5.41, 5.74) is 5.37. The Morgan fingerprint density at radius 3 is 1.08 bits per heavy atom. The number of carbonyl (C=O) groups is 4. The molecular formula is C55H52Br3F3N8O4. The van der Waals surface area contributed by atoms with Crippen molar-refractivity contribution < 1.29 is 32.3 Å². The number of fused-ring (bicyclic) bond motifs is 12. The smallest absolute Gasteiger partial charge is 0.238 e. The van der Waals surface area contributed by atoms with Gasteiger partial charge in [0, 0.05) is 97.1 Å². The first kappa shape index (κ1) is 49.0. The summed E-state index contributed by atoms with van der Waals surface area (Å²) < 4.78 is 42.8. The lowest BCUT2D eigenvalue weighted by molar-refractivity contribution is -0.138. The van der Waals surface area contributed by atoms with Gasteiger partial charge >= 0.3 is 0 Å². The number of piperidine rings is 2. The topological polar surface area (TPSA) is 123 Å². The molecule has 0 bridgehead atoms. The van der Waals surface area contributed by atoms with Crippen LogP contribution in [0.5, 0.6) is 0 Å². The number of anilines is 3. The predicted octanol–water partition coefficient (Wildman–Crippen LogP) is 10.7. The SMILES string of the molecule is CN1C(=O)C2(CC(=O)C2)c2c1cnc1cc(F)c(Br)cc21.CN1C(=O)C2(CC(N3CCCCC3)C2)c2c1cnc1cc(F)c(Br)cc21.CN1C(=O)C2(CC(N3CCCCC3)C2)c2c1cnc1cc(F)c(Br)cc21. The van der Waals surface area contributed by atoms with Gasteiger partial charge in [-0.2, -0.15) is 0 Å². The summed E-state index contributed by atoms with van der Waals surface area (Å²) >= 11 is 9.77. The second-order valence-corrected chi connectivity index (χ2v) is 24.0. The summed E-state index contributed by atoms with van der Waals surface area (Å²) in [6, 6.07) is 10.4. The fourth-order valence-corrected chi connectivity index (χ4v) is 14.7. The summed E-state index contributed by atoms with van der Waals surface area (Å²) in [6.07, 6.45) is 16.6. The van der Waals surface area contributed by atoms with Crippen LogP contribution in [0.15, 0.2) is 68.4 Å². The summed E-state index contributed by atoms with van der Waals surface area (Å²) in [4.78, 5) is 73.7. The van der Waals surface area contributed by atoms with Crippen LogP contribution in [0.1, 0.15) is 93.7 Å². The Bertz CT molecular complexity index is 3230. The Morgan fingerprint density at radius 2 is 0.767 bits per heavy atom. The highest BCUT2D eigenvalue weighted by Gasteiger charge is 2.62. The van der Waals surface area contributed by atoms with Gasteiger partial charge in [0.05, 0.1) is 81.9 Å². The first-order valence-corrected chi connectivity index (χ1v) is 27.5. The maximum Gasteiger partial charge on any atom is 0.238 e. The van der Waals surface area contributed by atoms with Crippen molar-refractivity contribution in [2.75, 3.05) is 62.0 Å². The molecule has 0 unspecified atom stereocenters. The monoisotopic (exact) mass is 1180 g/mol. The van der Waals surface area contributed by atoms with E-state index in [1.54, 1.807) is 58.5 Å². The van der Waals surface area contributed by atoms with Crippen LogP contribution in [0.3, 0.4) is 0 Å². The number of carbonyl (C=O) groups excluding carboxylic acids is 4. The highest BCUT2D eigenvalue weighted by atomic mass is 79.9. The number of ketones is 1. The third-order valence-electron chi connectivity index (χ3n) is 17.5. The highest BCUT2D eigenvalue weighted by molar-refractivity contribution is 9.11. The molecule has 18 heteroatoms. The molecule has 5 fully saturated rings. The van der Waals surface area contributed by atoms with Crippen LogP contribution in [0.2, 0.25) is 0 Å². The van der Waals surface area contributed by atoms with E-state index in [2.05, 4.69) is 72.5 Å². The van der Waals surface area contributed by atoms with Crippen molar-refractivity contribution in [3.05, 3.63) is 103 Å². The first-order chi connectivity index (χ1) is 35.0. The molecule has 3 amide bonds. The Hall–Kier alpha value is -4.88. The number of Topliss-reactive ketones (excluding diaryl/α,β-unsaturated/α-hetero) is 1. The van der Waals surface area contributed by atoms with Crippen molar-refractivity contribution in [1.82, 2.24) is 24.8 Å². The standard InChI is InChI=1S/2C20H21BrFN3O.C15H10BrFN2O2/c2*1-24-17-11-23-16-8-15(22)14(21)7-13(16)18(17)20(19(24)26)9-12(10-20)25-5-3-2-4-6-25;1-19-12-6-18-11-3-10(17)9(16)2-8(11)13(12)15(14(19)21)4-7(20)5-15/h2*7-8,11-12H,2-6,9-10H2,1H3;2-3,6H,4-5H2,1H3. The lowest BCUT2D eigenvalue weighted by Crippen LogP contribution is -2.58. The largest absolute Gasteiger partial charge is 0.313 e. The maximum atomic E-state index is 14.0. The summed E-state index contributed by atoms with van der Waals surface area (Å²) in [6.45, 7) is 4.58. The fourth-order valence-electron chi connectivity index (χ4n) is 13.7. The van der Waals surface area contributed by atoms with Crippen LogP contribution >= 0.6 is 47.8 Å². The molecule has 5 aliphatic heterocycles. The van der Waals surface area contributed by atoms with Crippen LogP contribution in [-0.2, 0) is 35.4 Å². The van der Waals surface area contributed by atoms with Crippen molar-refractivity contribution in [1.29, 1.82) is 0 Å². The maximum absolute atomic E-state index is 14.0. The van der Waals surface area contributed by atoms with Gasteiger partial charge in [0.15, 0.2) is 0 Å². The van der Waals surface area contributed by atoms with Crippen molar-refractivity contribution in [3.8, 4) is 0 Å². The van der Waals surface area contributed by atoms with Gasteiger partial charge in [-0.25, -0.2) is 13.2 Å². The van der Waals surface area contributed by atoms with E-state index >= 15 is 0 Å². The van der Waals surface area contributed by atoms with Gasteiger partial charge in [-0.1, -0.05) is 12.8 Å². The number of nitrogens with zero attached hydrogens (tertiary/aromatic N) is 8. The molecule has 3 spiro atoms. The van der Waals surface area contributed by atoms with Crippen molar-refractivity contribution in [2.24, 2.45) is 0 Å². The van der Waals surface area contributed by atoms with E-state index < -0.39 is 22.1 Å². The van der Waals surface area contributed by atoms with Gasteiger partial charge < -0.3 is 24.5 Å². The second kappa shape index (κ2) is 17.9. The molecule has 3 saturated carbocycles. The molecule has 0 radical (unpaired) electrons. The molecule has 12 nitrogen and oxygen atoms in total. The molecule has 378 valence electrons. The normalized spacial score (nSPS) is 26.0. The van der Waals surface area contributed by atoms with Gasteiger partial charge in [-0.15, -0.1) is 0 Å². The van der Waals surface area contributed by atoms with E-state index in [0.29, 0.717) is 47.7 Å². The van der Waals surface area contributed by atoms with Crippen LogP contribution in [0.4, 0.5) is 30.2 Å². The number of likely N-dealkylation sites (N-methyl/N-ethyl adjacent to an activating group) is 3. The van der Waals surface area contributed by atoms with Gasteiger partial charge in [0.2, 0.25) is 17.7 Å². The number of hydrogen-bond donors (Lipinski definition) is 0. The Kier molecular flexibility index (Phi) is 12.0. The molecule has 6 aromatic rings. The number of rotatable bonds is 2. The van der Waals surface area contributed by atoms with Gasteiger partial charge in [0.25, 0.3) is 0 Å². The Labute approximate surface area is 445 Å². The first-order valence-electron chi connectivity index (χ1n) is 25.2. The van der Waals surface area contributed by atoms with E-state index in [-0.39, 0.29) is 48.0 Å². The zero-order chi connectivity index (χ0) is 51.0. The zero-order valence-electron chi connectivity index (χ0n) is 40.6. The van der Waals surface area contributed by atoms with Crippen LogP contribution in [0.25, 0.3) is 32.7 Å². The number of benzene rings is 3. The number of halogens is 6. The third-order valence-corrected chi connectivity index (χ3v) is 19.3. The minimum Gasteiger partial charge on any atom is -0.313 e. The second-order valence-electron chi connectivity index (χ2n) is 21.5. The quantitative estimate of drug-likeness (QED) is 0.167. The highest BCUT2D eigenvalue weighted by Crippen LogP contribution is 2.59. The molecule has 73 heavy (non-hydrogen) atoms. The van der Waals surface area contributed by atoms with Crippen molar-refractivity contribution >= 4 is 121 Å². The predicted molar refractivity (Wildman–Crippen MR) is 285 cm³/mol. The summed E-state index contributed by atoms with van der Waals surface area (Å²) in [7, 11) is 5.34. The molecule has 2 saturated heterocycles. The minimum atomic E-state index is -0.778. The van der Waals surface area contributed by atoms with Crippen LogP contribution < -0.4 is 14.7 Å². The Morgan fingerprint density at radius 1 is 0.466 bits per heavy atom. The van der Waals surface area contributed by atoms with Crippen LogP contribution in [-0.4, -0.2) is 108 Å².